The molecule has 0 saturated carbocycles. The minimum Gasteiger partial charge on any atom is -0.366 e. The number of hydrogen-bond acceptors (Lipinski definition) is 5. The van der Waals surface area contributed by atoms with Crippen LogP contribution >= 0.6 is 11.3 Å². The van der Waals surface area contributed by atoms with E-state index < -0.39 is 11.7 Å². The molecule has 9 heteroatoms. The maximum atomic E-state index is 14.9. The van der Waals surface area contributed by atoms with E-state index >= 15 is 0 Å². The van der Waals surface area contributed by atoms with E-state index in [9.17, 15) is 18.8 Å². The smallest absolute Gasteiger partial charge is 0.260 e. The largest absolute Gasteiger partial charge is 0.366 e. The van der Waals surface area contributed by atoms with Crippen molar-refractivity contribution in [2.75, 3.05) is 11.4 Å². The van der Waals surface area contributed by atoms with Crippen LogP contribution in [0.4, 0.5) is 9.52 Å². The number of nitrogens with one attached hydrogen (secondary N) is 1. The van der Waals surface area contributed by atoms with Crippen LogP contribution in [-0.4, -0.2) is 35.3 Å². The molecule has 0 bridgehead atoms. The molecule has 0 aliphatic carbocycles. The van der Waals surface area contributed by atoms with E-state index in [0.29, 0.717) is 28.4 Å². The van der Waals surface area contributed by atoms with Crippen LogP contribution in [0.5, 0.6) is 0 Å². The summed E-state index contributed by atoms with van der Waals surface area (Å²) in [5.41, 5.74) is 6.79. The van der Waals surface area contributed by atoms with Gasteiger partial charge in [-0.05, 0) is 66.1 Å². The molecule has 0 aliphatic heterocycles. The first kappa shape index (κ1) is 29.0. The highest BCUT2D eigenvalue weighted by molar-refractivity contribution is 7.13. The highest BCUT2D eigenvalue weighted by Gasteiger charge is 2.30. The summed E-state index contributed by atoms with van der Waals surface area (Å²) in [7, 11) is 0. The van der Waals surface area contributed by atoms with Crippen molar-refractivity contribution in [1.82, 2.24) is 10.3 Å². The second kappa shape index (κ2) is 11.4. The molecule has 0 fully saturated rings. The molecule has 3 N–H and O–H groups in total. The Bertz CT molecular complexity index is 1350. The summed E-state index contributed by atoms with van der Waals surface area (Å²) in [5, 5.41) is 5.21. The lowest BCUT2D eigenvalue weighted by molar-refractivity contribution is 0.0938. The van der Waals surface area contributed by atoms with E-state index in [2.05, 4.69) is 10.3 Å². The van der Waals surface area contributed by atoms with Crippen molar-refractivity contribution in [2.24, 2.45) is 17.1 Å². The Morgan fingerprint density at radius 1 is 1.08 bits per heavy atom. The number of halogens is 1. The Morgan fingerprint density at radius 3 is 2.32 bits per heavy atom. The van der Waals surface area contributed by atoms with E-state index in [1.807, 2.05) is 41.5 Å². The summed E-state index contributed by atoms with van der Waals surface area (Å²) >= 11 is 1.33. The summed E-state index contributed by atoms with van der Waals surface area (Å²) in [4.78, 5) is 45.2. The molecular weight excluding hydrogens is 503 g/mol. The Kier molecular flexibility index (Phi) is 8.72. The number of primary amides is 1. The van der Waals surface area contributed by atoms with Gasteiger partial charge in [0.2, 0.25) is 5.91 Å². The summed E-state index contributed by atoms with van der Waals surface area (Å²) < 4.78 is 14.9. The van der Waals surface area contributed by atoms with Crippen LogP contribution in [-0.2, 0) is 0 Å². The average molecular weight is 539 g/mol. The highest BCUT2D eigenvalue weighted by atomic mass is 32.1. The second-order valence-corrected chi connectivity index (χ2v) is 11.8. The van der Waals surface area contributed by atoms with Gasteiger partial charge in [0, 0.05) is 40.9 Å². The third-order valence-corrected chi connectivity index (χ3v) is 7.20. The van der Waals surface area contributed by atoms with Gasteiger partial charge in [0.25, 0.3) is 11.8 Å². The van der Waals surface area contributed by atoms with Crippen molar-refractivity contribution in [1.29, 1.82) is 0 Å². The van der Waals surface area contributed by atoms with E-state index in [-0.39, 0.29) is 45.9 Å². The van der Waals surface area contributed by atoms with E-state index in [1.165, 1.54) is 23.5 Å². The number of thiazole rings is 1. The lowest BCUT2D eigenvalue weighted by atomic mass is 9.91. The number of hydrogen-bond donors (Lipinski definition) is 2. The average Bonchev–Trinajstić information content (AvgIpc) is 3.37. The Balaban J connectivity index is 2.25. The molecule has 202 valence electrons. The number of benzene rings is 2. The minimum absolute atomic E-state index is 0.0131. The number of amides is 3. The first-order valence-electron chi connectivity index (χ1n) is 12.5. The van der Waals surface area contributed by atoms with Gasteiger partial charge in [-0.2, -0.15) is 0 Å². The van der Waals surface area contributed by atoms with Gasteiger partial charge >= 0.3 is 0 Å². The van der Waals surface area contributed by atoms with Crippen molar-refractivity contribution in [2.45, 2.75) is 54.5 Å². The van der Waals surface area contributed by atoms with E-state index in [4.69, 9.17) is 5.73 Å². The van der Waals surface area contributed by atoms with Gasteiger partial charge in [0.1, 0.15) is 5.82 Å². The van der Waals surface area contributed by atoms with E-state index in [1.54, 1.807) is 35.5 Å². The second-order valence-electron chi connectivity index (χ2n) is 11.0. The van der Waals surface area contributed by atoms with Crippen LogP contribution in [0.1, 0.15) is 78.2 Å². The number of anilines is 1. The predicted octanol–water partition coefficient (Wildman–Crippen LogP) is 5.82. The van der Waals surface area contributed by atoms with Gasteiger partial charge < -0.3 is 11.1 Å². The van der Waals surface area contributed by atoms with Crippen LogP contribution in [0.25, 0.3) is 11.1 Å². The van der Waals surface area contributed by atoms with Crippen LogP contribution in [0.15, 0.2) is 41.9 Å². The quantitative estimate of drug-likeness (QED) is 0.377. The number of nitrogens with two attached hydrogens (primary N) is 1. The van der Waals surface area contributed by atoms with Crippen molar-refractivity contribution < 1.29 is 18.8 Å². The third-order valence-electron chi connectivity index (χ3n) is 6.43. The summed E-state index contributed by atoms with van der Waals surface area (Å²) in [6, 6.07) is 7.07. The summed E-state index contributed by atoms with van der Waals surface area (Å²) in [6.45, 7) is 14.0. The van der Waals surface area contributed by atoms with E-state index in [0.717, 1.165) is 6.07 Å². The van der Waals surface area contributed by atoms with Gasteiger partial charge in [-0.1, -0.05) is 40.7 Å². The Hall–Kier alpha value is -3.59. The summed E-state index contributed by atoms with van der Waals surface area (Å²) in [5.74, 6) is -2.01. The van der Waals surface area contributed by atoms with Crippen LogP contribution in [0.3, 0.4) is 0 Å². The molecule has 1 aromatic heterocycles. The normalized spacial score (nSPS) is 12.3. The molecule has 0 aliphatic rings. The molecule has 3 aromatic rings. The zero-order valence-electron chi connectivity index (χ0n) is 22.9. The number of carbonyl (C=O) groups excluding carboxylic acids is 3. The topological polar surface area (TPSA) is 105 Å². The molecule has 0 radical (unpaired) electrons. The van der Waals surface area contributed by atoms with Crippen molar-refractivity contribution in [3.8, 4) is 11.1 Å². The molecule has 0 spiro atoms. The van der Waals surface area contributed by atoms with Gasteiger partial charge in [0.05, 0.1) is 0 Å². The van der Waals surface area contributed by atoms with Crippen LogP contribution < -0.4 is 16.0 Å². The van der Waals surface area contributed by atoms with Crippen LogP contribution in [0.2, 0.25) is 0 Å². The lowest BCUT2D eigenvalue weighted by Crippen LogP contribution is -2.42. The van der Waals surface area contributed by atoms with Gasteiger partial charge in [0.15, 0.2) is 5.13 Å². The molecule has 1 heterocycles. The minimum atomic E-state index is -0.783. The molecular formula is C29H35FN4O3S. The number of nitrogens with zero attached hydrogens (tertiary/aromatic N) is 2. The molecule has 0 saturated heterocycles. The Morgan fingerprint density at radius 2 is 1.76 bits per heavy atom. The number of aromatic nitrogens is 1. The fraction of sp³-hybridized carbons (Fsp3) is 0.379. The standard InChI is InChI=1S/C29H35FN4O3S/c1-16(2)18(4)34(28-32-10-11-38-28)27(37)23-12-19(26(36)33-15-29(5,6)7)8-9-21(23)22-13-20(25(31)35)14-24(30)17(22)3/h8-14,16,18H,15H2,1-7H3,(H2,31,35)(H,33,36)/t18-/m1/s1. The highest BCUT2D eigenvalue weighted by Crippen LogP contribution is 2.34. The maximum Gasteiger partial charge on any atom is 0.260 e. The fourth-order valence-corrected chi connectivity index (χ4v) is 4.58. The predicted molar refractivity (Wildman–Crippen MR) is 150 cm³/mol. The van der Waals surface area contributed by atoms with Crippen molar-refractivity contribution in [3.63, 3.8) is 0 Å². The molecule has 3 rings (SSSR count). The SMILES string of the molecule is Cc1c(F)cc(C(N)=O)cc1-c1ccc(C(=O)NCC(C)(C)C)cc1C(=O)N(c1nccs1)[C@H](C)C(C)C. The first-order chi connectivity index (χ1) is 17.7. The van der Waals surface area contributed by atoms with Gasteiger partial charge in [-0.15, -0.1) is 11.3 Å². The lowest BCUT2D eigenvalue weighted by Gasteiger charge is -2.30. The van der Waals surface area contributed by atoms with Gasteiger partial charge in [-0.3, -0.25) is 19.3 Å². The summed E-state index contributed by atoms with van der Waals surface area (Å²) in [6.07, 6.45) is 1.63. The maximum absolute atomic E-state index is 14.9. The molecule has 7 nitrogen and oxygen atoms in total. The molecule has 38 heavy (non-hydrogen) atoms. The number of rotatable bonds is 8. The zero-order chi connectivity index (χ0) is 28.4. The molecule has 1 atom stereocenters. The van der Waals surface area contributed by atoms with Crippen molar-refractivity contribution >= 4 is 34.2 Å². The Labute approximate surface area is 227 Å². The molecule has 2 aromatic carbocycles. The first-order valence-corrected chi connectivity index (χ1v) is 13.3. The van der Waals surface area contributed by atoms with Gasteiger partial charge in [-0.25, -0.2) is 9.37 Å². The fourth-order valence-electron chi connectivity index (χ4n) is 3.85. The zero-order valence-corrected chi connectivity index (χ0v) is 23.7. The molecule has 0 unspecified atom stereocenters. The monoisotopic (exact) mass is 538 g/mol. The molecule has 3 amide bonds. The van der Waals surface area contributed by atoms with Crippen LogP contribution in [0, 0.1) is 24.1 Å². The van der Waals surface area contributed by atoms with Crippen molar-refractivity contribution in [3.05, 3.63) is 70.0 Å². The third kappa shape index (κ3) is 6.45. The number of carbonyl (C=O) groups is 3.